The van der Waals surface area contributed by atoms with Gasteiger partial charge in [-0.2, -0.15) is 0 Å². The van der Waals surface area contributed by atoms with E-state index in [1.807, 2.05) is 25.1 Å². The number of hydrogen-bond donors (Lipinski definition) is 2. The minimum absolute atomic E-state index is 0.0177. The second-order valence-corrected chi connectivity index (χ2v) is 5.87. The summed E-state index contributed by atoms with van der Waals surface area (Å²) in [4.78, 5) is 25.5. The molecular formula is C20H22N2O4. The first-order valence-corrected chi connectivity index (χ1v) is 8.05. The molecule has 2 amide bonds. The average Bonchev–Trinajstić information content (AvgIpc) is 2.62. The molecule has 6 heteroatoms. The van der Waals surface area contributed by atoms with Gasteiger partial charge >= 0.3 is 0 Å². The predicted octanol–water partition coefficient (Wildman–Crippen LogP) is 2.82. The van der Waals surface area contributed by atoms with Crippen molar-refractivity contribution in [2.24, 2.45) is 0 Å². The van der Waals surface area contributed by atoms with Crippen molar-refractivity contribution in [2.75, 3.05) is 26.0 Å². The molecule has 0 unspecified atom stereocenters. The van der Waals surface area contributed by atoms with E-state index in [0.29, 0.717) is 11.4 Å². The highest BCUT2D eigenvalue weighted by atomic mass is 16.5. The monoisotopic (exact) mass is 354 g/mol. The summed E-state index contributed by atoms with van der Waals surface area (Å²) in [6, 6.07) is 12.2. The van der Waals surface area contributed by atoms with E-state index in [2.05, 4.69) is 5.32 Å². The third kappa shape index (κ3) is 5.37. The Morgan fingerprint density at radius 1 is 1.23 bits per heavy atom. The zero-order chi connectivity index (χ0) is 19.1. The maximum atomic E-state index is 12.2. The molecule has 0 aliphatic heterocycles. The van der Waals surface area contributed by atoms with E-state index in [4.69, 9.17) is 4.74 Å². The van der Waals surface area contributed by atoms with Crippen LogP contribution in [0.2, 0.25) is 0 Å². The number of aryl methyl sites for hydroxylation is 1. The summed E-state index contributed by atoms with van der Waals surface area (Å²) in [5, 5.41) is 12.4. The number of anilines is 1. The fourth-order valence-electron chi connectivity index (χ4n) is 2.27. The predicted molar refractivity (Wildman–Crippen MR) is 101 cm³/mol. The molecule has 0 aliphatic rings. The number of methoxy groups -OCH3 is 1. The molecule has 0 fully saturated rings. The molecule has 0 saturated carbocycles. The highest BCUT2D eigenvalue weighted by Crippen LogP contribution is 2.23. The van der Waals surface area contributed by atoms with Gasteiger partial charge in [0.2, 0.25) is 11.8 Å². The maximum Gasteiger partial charge on any atom is 0.246 e. The number of carbonyl (C=O) groups excluding carboxylic acids is 2. The van der Waals surface area contributed by atoms with Crippen LogP contribution in [0.3, 0.4) is 0 Å². The first-order valence-electron chi connectivity index (χ1n) is 8.05. The molecule has 136 valence electrons. The van der Waals surface area contributed by atoms with Crippen molar-refractivity contribution in [3.8, 4) is 11.5 Å². The summed E-state index contributed by atoms with van der Waals surface area (Å²) in [7, 11) is 3.11. The lowest BCUT2D eigenvalue weighted by atomic mass is 10.2. The molecule has 0 aliphatic carbocycles. The van der Waals surface area contributed by atoms with Gasteiger partial charge in [-0.15, -0.1) is 0 Å². The first kappa shape index (κ1) is 19.1. The smallest absolute Gasteiger partial charge is 0.246 e. The highest BCUT2D eigenvalue weighted by Gasteiger charge is 2.12. The Labute approximate surface area is 152 Å². The molecule has 0 atom stereocenters. The van der Waals surface area contributed by atoms with Gasteiger partial charge < -0.3 is 20.1 Å². The van der Waals surface area contributed by atoms with Gasteiger partial charge in [0.25, 0.3) is 0 Å². The molecule has 0 aromatic heterocycles. The highest BCUT2D eigenvalue weighted by molar-refractivity contribution is 5.98. The minimum Gasteiger partial charge on any atom is -0.506 e. The molecule has 26 heavy (non-hydrogen) atoms. The van der Waals surface area contributed by atoms with E-state index in [-0.39, 0.29) is 18.2 Å². The number of nitrogens with one attached hydrogen (secondary N) is 1. The van der Waals surface area contributed by atoms with E-state index in [1.54, 1.807) is 31.4 Å². The van der Waals surface area contributed by atoms with Gasteiger partial charge in [-0.05, 0) is 48.4 Å². The number of phenolic OH excluding ortho intramolecular Hbond substituents is 1. The molecule has 2 N–H and O–H groups in total. The Kier molecular flexibility index (Phi) is 6.38. The number of likely N-dealkylation sites (N-methyl/N-ethyl adjacent to an activating group) is 1. The van der Waals surface area contributed by atoms with E-state index in [9.17, 15) is 14.7 Å². The van der Waals surface area contributed by atoms with Crippen LogP contribution < -0.4 is 10.1 Å². The number of amides is 2. The largest absolute Gasteiger partial charge is 0.506 e. The topological polar surface area (TPSA) is 78.9 Å². The first-order chi connectivity index (χ1) is 12.4. The molecule has 2 rings (SSSR count). The van der Waals surface area contributed by atoms with Crippen LogP contribution in [0.15, 0.2) is 48.5 Å². The summed E-state index contributed by atoms with van der Waals surface area (Å²) in [6.45, 7) is 1.72. The number of carbonyl (C=O) groups is 2. The molecule has 0 heterocycles. The normalized spacial score (nSPS) is 10.6. The van der Waals surface area contributed by atoms with Gasteiger partial charge in [0.15, 0.2) is 0 Å². The van der Waals surface area contributed by atoms with Crippen LogP contribution in [-0.2, 0) is 9.59 Å². The van der Waals surface area contributed by atoms with Crippen molar-refractivity contribution >= 4 is 23.6 Å². The molecule has 2 aromatic carbocycles. The quantitative estimate of drug-likeness (QED) is 0.618. The SMILES string of the molecule is COc1cccc(/C=C/C(=O)N(C)CC(=O)Nc2cc(C)ccc2O)c1. The van der Waals surface area contributed by atoms with Crippen molar-refractivity contribution in [1.82, 2.24) is 4.90 Å². The fraction of sp³-hybridized carbons (Fsp3) is 0.200. The molecule has 0 radical (unpaired) electrons. The lowest BCUT2D eigenvalue weighted by molar-refractivity contribution is -0.129. The number of aromatic hydroxyl groups is 1. The van der Waals surface area contributed by atoms with Crippen molar-refractivity contribution in [2.45, 2.75) is 6.92 Å². The van der Waals surface area contributed by atoms with Crippen molar-refractivity contribution in [3.63, 3.8) is 0 Å². The lowest BCUT2D eigenvalue weighted by Gasteiger charge is -2.15. The van der Waals surface area contributed by atoms with Gasteiger partial charge in [0.05, 0.1) is 19.3 Å². The third-order valence-electron chi connectivity index (χ3n) is 3.70. The fourth-order valence-corrected chi connectivity index (χ4v) is 2.27. The second kappa shape index (κ2) is 8.71. The molecule has 0 bridgehead atoms. The Morgan fingerprint density at radius 2 is 2.00 bits per heavy atom. The van der Waals surface area contributed by atoms with Crippen molar-refractivity contribution < 1.29 is 19.4 Å². The maximum absolute atomic E-state index is 12.2. The van der Waals surface area contributed by atoms with Crippen molar-refractivity contribution in [1.29, 1.82) is 0 Å². The van der Waals surface area contributed by atoms with Gasteiger partial charge in [0, 0.05) is 13.1 Å². The third-order valence-corrected chi connectivity index (χ3v) is 3.70. The second-order valence-electron chi connectivity index (χ2n) is 5.87. The van der Waals surface area contributed by atoms with Crippen molar-refractivity contribution in [3.05, 3.63) is 59.7 Å². The number of nitrogens with zero attached hydrogens (tertiary/aromatic N) is 1. The van der Waals surface area contributed by atoms with Gasteiger partial charge in [-0.3, -0.25) is 9.59 Å². The van der Waals surface area contributed by atoms with Crippen LogP contribution >= 0.6 is 0 Å². The molecular weight excluding hydrogens is 332 g/mol. The Morgan fingerprint density at radius 3 is 2.73 bits per heavy atom. The summed E-state index contributed by atoms with van der Waals surface area (Å²) in [6.07, 6.45) is 3.05. The number of hydrogen-bond acceptors (Lipinski definition) is 4. The summed E-state index contributed by atoms with van der Waals surface area (Å²) >= 11 is 0. The van der Waals surface area contributed by atoms with Crippen LogP contribution in [0.1, 0.15) is 11.1 Å². The van der Waals surface area contributed by atoms with E-state index in [0.717, 1.165) is 11.1 Å². The molecule has 6 nitrogen and oxygen atoms in total. The van der Waals surface area contributed by atoms with E-state index < -0.39 is 5.91 Å². The number of rotatable bonds is 6. The van der Waals surface area contributed by atoms with E-state index >= 15 is 0 Å². The molecule has 0 saturated heterocycles. The van der Waals surface area contributed by atoms with Crippen LogP contribution in [-0.4, -0.2) is 42.5 Å². The number of ether oxygens (including phenoxy) is 1. The number of benzene rings is 2. The van der Waals surface area contributed by atoms with Crippen LogP contribution in [0, 0.1) is 6.92 Å². The van der Waals surface area contributed by atoms with Gasteiger partial charge in [0.1, 0.15) is 11.5 Å². The van der Waals surface area contributed by atoms with Crippen LogP contribution in [0.25, 0.3) is 6.08 Å². The zero-order valence-electron chi connectivity index (χ0n) is 15.0. The van der Waals surface area contributed by atoms with Gasteiger partial charge in [-0.25, -0.2) is 0 Å². The number of phenols is 1. The van der Waals surface area contributed by atoms with Crippen LogP contribution in [0.4, 0.5) is 5.69 Å². The summed E-state index contributed by atoms with van der Waals surface area (Å²) in [5.41, 5.74) is 2.05. The molecule has 2 aromatic rings. The zero-order valence-corrected chi connectivity index (χ0v) is 15.0. The molecule has 0 spiro atoms. The minimum atomic E-state index is -0.392. The Hall–Kier alpha value is -3.28. The van der Waals surface area contributed by atoms with E-state index in [1.165, 1.54) is 24.1 Å². The summed E-state index contributed by atoms with van der Waals surface area (Å²) < 4.78 is 5.13. The van der Waals surface area contributed by atoms with Crippen LogP contribution in [0.5, 0.6) is 11.5 Å². The lowest BCUT2D eigenvalue weighted by Crippen LogP contribution is -2.33. The Bertz CT molecular complexity index is 830. The summed E-state index contributed by atoms with van der Waals surface area (Å²) in [5.74, 6) is -0.0193. The standard InChI is InChI=1S/C20H22N2O4/c1-14-7-9-18(23)17(11-14)21-19(24)13-22(2)20(25)10-8-15-5-4-6-16(12-15)26-3/h4-12,23H,13H2,1-3H3,(H,21,24)/b10-8+. The Balaban J connectivity index is 1.94. The average molecular weight is 354 g/mol. The van der Waals surface area contributed by atoms with Gasteiger partial charge in [-0.1, -0.05) is 18.2 Å².